The second kappa shape index (κ2) is 5.16. The molecule has 0 radical (unpaired) electrons. The monoisotopic (exact) mass is 310 g/mol. The van der Waals surface area contributed by atoms with E-state index in [2.05, 4.69) is 4.74 Å². The fourth-order valence-electron chi connectivity index (χ4n) is 2.12. The lowest BCUT2D eigenvalue weighted by atomic mass is 9.82. The van der Waals surface area contributed by atoms with E-state index in [9.17, 15) is 31.9 Å². The number of phenols is 1. The van der Waals surface area contributed by atoms with Crippen LogP contribution in [-0.2, 0) is 10.9 Å². The van der Waals surface area contributed by atoms with Crippen molar-refractivity contribution < 1.29 is 36.6 Å². The van der Waals surface area contributed by atoms with Crippen molar-refractivity contribution in [2.75, 3.05) is 6.61 Å². The number of benzene rings is 1. The molecule has 1 N–H and O–H groups in total. The van der Waals surface area contributed by atoms with E-state index in [0.29, 0.717) is 12.1 Å². The average molecular weight is 310 g/mol. The second-order valence-electron chi connectivity index (χ2n) is 4.96. The van der Waals surface area contributed by atoms with Gasteiger partial charge in [-0.15, -0.1) is 0 Å². The number of hydrogen-bond acceptors (Lipinski definition) is 3. The highest BCUT2D eigenvalue weighted by molar-refractivity contribution is 5.91. The lowest BCUT2D eigenvalue weighted by molar-refractivity contribution is -0.138. The first-order valence-corrected chi connectivity index (χ1v) is 6.04. The first-order valence-electron chi connectivity index (χ1n) is 6.04. The van der Waals surface area contributed by atoms with Gasteiger partial charge in [-0.3, -0.25) is 0 Å². The summed E-state index contributed by atoms with van der Waals surface area (Å²) in [5.41, 5.74) is -2.09. The minimum atomic E-state index is -4.79. The van der Waals surface area contributed by atoms with Crippen LogP contribution in [0.1, 0.15) is 28.8 Å². The number of ether oxygens (including phenoxy) is 1. The molecule has 2 rings (SSSR count). The summed E-state index contributed by atoms with van der Waals surface area (Å²) in [7, 11) is 0. The summed E-state index contributed by atoms with van der Waals surface area (Å²) in [5.74, 6) is -5.17. The molecule has 0 heterocycles. The van der Waals surface area contributed by atoms with Crippen molar-refractivity contribution in [1.29, 1.82) is 0 Å². The SMILES string of the molecule is O=C(OCC1CC(F)(F)C1)c1cc(O)ccc1C(F)(F)F. The number of carbonyl (C=O) groups excluding carboxylic acids is 1. The summed E-state index contributed by atoms with van der Waals surface area (Å²) in [5, 5.41) is 9.18. The topological polar surface area (TPSA) is 46.5 Å². The Hall–Kier alpha value is -1.86. The summed E-state index contributed by atoms with van der Waals surface area (Å²) in [6, 6.07) is 2.00. The van der Waals surface area contributed by atoms with Gasteiger partial charge in [0.2, 0.25) is 5.92 Å². The molecule has 8 heteroatoms. The van der Waals surface area contributed by atoms with Crippen LogP contribution < -0.4 is 0 Å². The molecule has 1 fully saturated rings. The van der Waals surface area contributed by atoms with Crippen LogP contribution >= 0.6 is 0 Å². The molecule has 0 aromatic heterocycles. The molecular weight excluding hydrogens is 299 g/mol. The highest BCUT2D eigenvalue weighted by Gasteiger charge is 2.45. The predicted octanol–water partition coefficient (Wildman–Crippen LogP) is 3.61. The van der Waals surface area contributed by atoms with Crippen molar-refractivity contribution in [2.45, 2.75) is 24.9 Å². The molecule has 21 heavy (non-hydrogen) atoms. The molecule has 3 nitrogen and oxygen atoms in total. The number of rotatable bonds is 3. The lowest BCUT2D eigenvalue weighted by Gasteiger charge is -2.34. The third-order valence-corrected chi connectivity index (χ3v) is 3.15. The van der Waals surface area contributed by atoms with E-state index < -0.39 is 53.7 Å². The summed E-state index contributed by atoms with van der Waals surface area (Å²) < 4.78 is 68.0. The third kappa shape index (κ3) is 3.62. The molecule has 0 amide bonds. The van der Waals surface area contributed by atoms with Gasteiger partial charge in [0, 0.05) is 18.8 Å². The van der Waals surface area contributed by atoms with Gasteiger partial charge in [-0.05, 0) is 18.2 Å². The Morgan fingerprint density at radius 2 is 1.95 bits per heavy atom. The van der Waals surface area contributed by atoms with Crippen LogP contribution in [-0.4, -0.2) is 23.6 Å². The molecule has 1 aromatic rings. The maximum atomic E-state index is 12.7. The number of alkyl halides is 5. The number of phenolic OH excluding ortho intramolecular Hbond substituents is 1. The largest absolute Gasteiger partial charge is 0.508 e. The average Bonchev–Trinajstić information content (AvgIpc) is 2.31. The van der Waals surface area contributed by atoms with Gasteiger partial charge in [0.15, 0.2) is 0 Å². The molecule has 0 aliphatic heterocycles. The number of carbonyl (C=O) groups is 1. The van der Waals surface area contributed by atoms with E-state index in [1.807, 2.05) is 0 Å². The van der Waals surface area contributed by atoms with Gasteiger partial charge in [0.25, 0.3) is 0 Å². The quantitative estimate of drug-likeness (QED) is 0.685. The Balaban J connectivity index is 2.07. The van der Waals surface area contributed by atoms with E-state index in [1.54, 1.807) is 0 Å². The molecule has 0 bridgehead atoms. The highest BCUT2D eigenvalue weighted by atomic mass is 19.4. The van der Waals surface area contributed by atoms with E-state index >= 15 is 0 Å². The Labute approximate surface area is 116 Å². The summed E-state index contributed by atoms with van der Waals surface area (Å²) in [6.45, 7) is -0.374. The van der Waals surface area contributed by atoms with Crippen molar-refractivity contribution in [1.82, 2.24) is 0 Å². The standard InChI is InChI=1S/C13H11F5O3/c14-12(15)4-7(5-12)6-21-11(20)9-3-8(19)1-2-10(9)13(16,17)18/h1-3,7,19H,4-6H2. The molecule has 0 saturated heterocycles. The Bertz CT molecular complexity index is 545. The molecular formula is C13H11F5O3. The Morgan fingerprint density at radius 3 is 2.48 bits per heavy atom. The molecule has 1 aliphatic carbocycles. The summed E-state index contributed by atoms with van der Waals surface area (Å²) >= 11 is 0. The van der Waals surface area contributed by atoms with Crippen molar-refractivity contribution >= 4 is 5.97 Å². The van der Waals surface area contributed by atoms with Gasteiger partial charge in [0.05, 0.1) is 17.7 Å². The molecule has 1 aromatic carbocycles. The van der Waals surface area contributed by atoms with Gasteiger partial charge in [-0.1, -0.05) is 0 Å². The molecule has 0 unspecified atom stereocenters. The number of aromatic hydroxyl groups is 1. The van der Waals surface area contributed by atoms with Gasteiger partial charge >= 0.3 is 12.1 Å². The number of hydrogen-bond donors (Lipinski definition) is 1. The zero-order valence-corrected chi connectivity index (χ0v) is 10.6. The van der Waals surface area contributed by atoms with Crippen LogP contribution in [0.25, 0.3) is 0 Å². The van der Waals surface area contributed by atoms with Crippen LogP contribution in [0, 0.1) is 5.92 Å². The maximum absolute atomic E-state index is 12.7. The number of esters is 1. The zero-order chi connectivity index (χ0) is 15.8. The lowest BCUT2D eigenvalue weighted by Crippen LogP contribution is -2.38. The first kappa shape index (κ1) is 15.5. The van der Waals surface area contributed by atoms with E-state index in [0.717, 1.165) is 6.07 Å². The maximum Gasteiger partial charge on any atom is 0.417 e. The van der Waals surface area contributed by atoms with E-state index in [-0.39, 0.29) is 6.61 Å². The minimum absolute atomic E-state index is 0.374. The van der Waals surface area contributed by atoms with Gasteiger partial charge in [-0.2, -0.15) is 13.2 Å². The molecule has 116 valence electrons. The van der Waals surface area contributed by atoms with Crippen LogP contribution in [0.2, 0.25) is 0 Å². The van der Waals surface area contributed by atoms with Crippen molar-refractivity contribution in [2.24, 2.45) is 5.92 Å². The third-order valence-electron chi connectivity index (χ3n) is 3.15. The Kier molecular flexibility index (Phi) is 3.81. The molecule has 1 aliphatic rings. The van der Waals surface area contributed by atoms with Crippen molar-refractivity contribution in [3.8, 4) is 5.75 Å². The van der Waals surface area contributed by atoms with Crippen LogP contribution in [0.5, 0.6) is 5.75 Å². The van der Waals surface area contributed by atoms with E-state index in [4.69, 9.17) is 0 Å². The van der Waals surface area contributed by atoms with Gasteiger partial charge in [-0.25, -0.2) is 13.6 Å². The minimum Gasteiger partial charge on any atom is -0.508 e. The summed E-state index contributed by atoms with van der Waals surface area (Å²) in [6.07, 6.45) is -5.69. The fraction of sp³-hybridized carbons (Fsp3) is 0.462. The highest BCUT2D eigenvalue weighted by Crippen LogP contribution is 2.42. The normalized spacial score (nSPS) is 18.1. The van der Waals surface area contributed by atoms with Crippen LogP contribution in [0.4, 0.5) is 22.0 Å². The molecule has 0 spiro atoms. The molecule has 0 atom stereocenters. The fourth-order valence-corrected chi connectivity index (χ4v) is 2.12. The van der Waals surface area contributed by atoms with E-state index in [1.165, 1.54) is 0 Å². The second-order valence-corrected chi connectivity index (χ2v) is 4.96. The van der Waals surface area contributed by atoms with Gasteiger partial charge < -0.3 is 9.84 Å². The molecule has 1 saturated carbocycles. The van der Waals surface area contributed by atoms with Gasteiger partial charge in [0.1, 0.15) is 5.75 Å². The smallest absolute Gasteiger partial charge is 0.417 e. The summed E-state index contributed by atoms with van der Waals surface area (Å²) in [4.78, 5) is 11.6. The van der Waals surface area contributed by atoms with Crippen molar-refractivity contribution in [3.63, 3.8) is 0 Å². The predicted molar refractivity (Wildman–Crippen MR) is 61.1 cm³/mol. The van der Waals surface area contributed by atoms with Crippen molar-refractivity contribution in [3.05, 3.63) is 29.3 Å². The Morgan fingerprint density at radius 1 is 1.33 bits per heavy atom. The zero-order valence-electron chi connectivity index (χ0n) is 10.6. The first-order chi connectivity index (χ1) is 9.58. The van der Waals surface area contributed by atoms with Crippen LogP contribution in [0.3, 0.4) is 0 Å². The van der Waals surface area contributed by atoms with Crippen LogP contribution in [0.15, 0.2) is 18.2 Å². The number of halogens is 5.